The SMILES string of the molecule is CC(C)CC(CNC(=O)COc1ccc(Br)cc1)N1CCOCC1. The normalized spacial score (nSPS) is 16.8. The topological polar surface area (TPSA) is 50.8 Å². The fourth-order valence-electron chi connectivity index (χ4n) is 2.81. The van der Waals surface area contributed by atoms with E-state index in [9.17, 15) is 4.79 Å². The minimum atomic E-state index is -0.0834. The molecule has 1 saturated heterocycles. The first-order valence-electron chi connectivity index (χ1n) is 8.51. The standard InChI is InChI=1S/C18H27BrN2O3/c1-14(2)11-16(21-7-9-23-10-8-21)12-20-18(22)13-24-17-5-3-15(19)4-6-17/h3-6,14,16H,7-13H2,1-2H3,(H,20,22). The number of hydrogen-bond donors (Lipinski definition) is 1. The molecule has 0 aliphatic carbocycles. The van der Waals surface area contributed by atoms with E-state index in [1.54, 1.807) is 0 Å². The summed E-state index contributed by atoms with van der Waals surface area (Å²) < 4.78 is 11.9. The number of halogens is 1. The van der Waals surface area contributed by atoms with Gasteiger partial charge in [0.05, 0.1) is 13.2 Å². The Labute approximate surface area is 152 Å². The van der Waals surface area contributed by atoms with E-state index in [2.05, 4.69) is 40.0 Å². The quantitative estimate of drug-likeness (QED) is 0.731. The van der Waals surface area contributed by atoms with Crippen molar-refractivity contribution < 1.29 is 14.3 Å². The average molecular weight is 399 g/mol. The lowest BCUT2D eigenvalue weighted by atomic mass is 10.0. The van der Waals surface area contributed by atoms with Crippen molar-refractivity contribution in [1.29, 1.82) is 0 Å². The molecule has 1 aromatic carbocycles. The number of benzene rings is 1. The van der Waals surface area contributed by atoms with Gasteiger partial charge in [-0.2, -0.15) is 0 Å². The summed E-state index contributed by atoms with van der Waals surface area (Å²) in [6, 6.07) is 7.82. The summed E-state index contributed by atoms with van der Waals surface area (Å²) in [7, 11) is 0. The summed E-state index contributed by atoms with van der Waals surface area (Å²) in [6.07, 6.45) is 1.06. The van der Waals surface area contributed by atoms with Gasteiger partial charge in [-0.1, -0.05) is 29.8 Å². The van der Waals surface area contributed by atoms with Crippen LogP contribution in [0.2, 0.25) is 0 Å². The molecule has 5 nitrogen and oxygen atoms in total. The molecule has 1 amide bonds. The molecule has 1 heterocycles. The summed E-state index contributed by atoms with van der Waals surface area (Å²) in [5.74, 6) is 1.20. The Kier molecular flexibility index (Phi) is 8.02. The predicted octanol–water partition coefficient (Wildman–Crippen LogP) is 2.69. The number of nitrogens with one attached hydrogen (secondary N) is 1. The molecule has 0 spiro atoms. The Balaban J connectivity index is 1.77. The lowest BCUT2D eigenvalue weighted by molar-refractivity contribution is -0.123. The highest BCUT2D eigenvalue weighted by atomic mass is 79.9. The number of ether oxygens (including phenoxy) is 2. The molecule has 1 unspecified atom stereocenters. The van der Waals surface area contributed by atoms with E-state index in [1.165, 1.54) is 0 Å². The third-order valence-electron chi connectivity index (χ3n) is 4.02. The van der Waals surface area contributed by atoms with Crippen LogP contribution in [0.5, 0.6) is 5.75 Å². The van der Waals surface area contributed by atoms with Gasteiger partial charge in [-0.3, -0.25) is 9.69 Å². The third-order valence-corrected chi connectivity index (χ3v) is 4.55. The van der Waals surface area contributed by atoms with Crippen molar-refractivity contribution in [2.45, 2.75) is 26.3 Å². The van der Waals surface area contributed by atoms with Crippen molar-refractivity contribution in [2.75, 3.05) is 39.5 Å². The first-order chi connectivity index (χ1) is 11.5. The number of nitrogens with zero attached hydrogens (tertiary/aromatic N) is 1. The largest absolute Gasteiger partial charge is 0.484 e. The van der Waals surface area contributed by atoms with Crippen LogP contribution in [0.15, 0.2) is 28.7 Å². The maximum Gasteiger partial charge on any atom is 0.257 e. The molecule has 1 atom stereocenters. The highest BCUT2D eigenvalue weighted by Crippen LogP contribution is 2.16. The van der Waals surface area contributed by atoms with Crippen molar-refractivity contribution in [3.05, 3.63) is 28.7 Å². The lowest BCUT2D eigenvalue weighted by Gasteiger charge is -2.35. The Morgan fingerprint density at radius 2 is 1.96 bits per heavy atom. The lowest BCUT2D eigenvalue weighted by Crippen LogP contribution is -2.49. The molecule has 0 radical (unpaired) electrons. The molecule has 0 saturated carbocycles. The molecule has 1 aromatic rings. The van der Waals surface area contributed by atoms with Gasteiger partial charge in [0.15, 0.2) is 6.61 Å². The second-order valence-corrected chi connectivity index (χ2v) is 7.39. The van der Waals surface area contributed by atoms with Crippen molar-refractivity contribution in [3.8, 4) is 5.75 Å². The zero-order valence-corrected chi connectivity index (χ0v) is 16.0. The van der Waals surface area contributed by atoms with Crippen LogP contribution in [0.4, 0.5) is 0 Å². The van der Waals surface area contributed by atoms with Gasteiger partial charge in [-0.05, 0) is 36.6 Å². The Hall–Kier alpha value is -1.11. The van der Waals surface area contributed by atoms with Crippen LogP contribution in [0, 0.1) is 5.92 Å². The van der Waals surface area contributed by atoms with Crippen LogP contribution in [-0.2, 0) is 9.53 Å². The van der Waals surface area contributed by atoms with Gasteiger partial charge in [0, 0.05) is 30.1 Å². The zero-order valence-electron chi connectivity index (χ0n) is 14.5. The number of rotatable bonds is 8. The second kappa shape index (κ2) is 10.0. The maximum atomic E-state index is 12.1. The predicted molar refractivity (Wildman–Crippen MR) is 98.3 cm³/mol. The average Bonchev–Trinajstić information content (AvgIpc) is 2.58. The van der Waals surface area contributed by atoms with Gasteiger partial charge in [0.1, 0.15) is 5.75 Å². The van der Waals surface area contributed by atoms with E-state index in [0.717, 1.165) is 37.2 Å². The third kappa shape index (κ3) is 6.79. The summed E-state index contributed by atoms with van der Waals surface area (Å²) in [5, 5.41) is 3.01. The first kappa shape index (κ1) is 19.2. The molecule has 0 aromatic heterocycles. The van der Waals surface area contributed by atoms with Crippen LogP contribution in [-0.4, -0.2) is 56.3 Å². The highest BCUT2D eigenvalue weighted by Gasteiger charge is 2.22. The van der Waals surface area contributed by atoms with Crippen molar-refractivity contribution >= 4 is 21.8 Å². The van der Waals surface area contributed by atoms with E-state index in [1.807, 2.05) is 24.3 Å². The Morgan fingerprint density at radius 3 is 2.58 bits per heavy atom. The van der Waals surface area contributed by atoms with Gasteiger partial charge >= 0.3 is 0 Å². The van der Waals surface area contributed by atoms with Crippen LogP contribution in [0.25, 0.3) is 0 Å². The molecule has 1 fully saturated rings. The van der Waals surface area contributed by atoms with E-state index in [0.29, 0.717) is 24.3 Å². The van der Waals surface area contributed by atoms with Crippen molar-refractivity contribution in [2.24, 2.45) is 5.92 Å². The van der Waals surface area contributed by atoms with Gasteiger partial charge in [-0.15, -0.1) is 0 Å². The first-order valence-corrected chi connectivity index (χ1v) is 9.30. The van der Waals surface area contributed by atoms with Crippen molar-refractivity contribution in [1.82, 2.24) is 10.2 Å². The fourth-order valence-corrected chi connectivity index (χ4v) is 3.07. The van der Waals surface area contributed by atoms with Crippen LogP contribution in [0.1, 0.15) is 20.3 Å². The van der Waals surface area contributed by atoms with E-state index in [-0.39, 0.29) is 12.5 Å². The number of morpholine rings is 1. The van der Waals surface area contributed by atoms with Gasteiger partial charge in [0.25, 0.3) is 5.91 Å². The Bertz CT molecular complexity index is 501. The molecule has 6 heteroatoms. The molecule has 1 aliphatic rings. The van der Waals surface area contributed by atoms with Gasteiger partial charge < -0.3 is 14.8 Å². The summed E-state index contributed by atoms with van der Waals surface area (Å²) in [4.78, 5) is 14.5. The summed E-state index contributed by atoms with van der Waals surface area (Å²) in [5.41, 5.74) is 0. The molecule has 2 rings (SSSR count). The summed E-state index contributed by atoms with van der Waals surface area (Å²) in [6.45, 7) is 8.54. The highest BCUT2D eigenvalue weighted by molar-refractivity contribution is 9.10. The minimum absolute atomic E-state index is 0.0408. The number of hydrogen-bond acceptors (Lipinski definition) is 4. The number of amides is 1. The molecular weight excluding hydrogens is 372 g/mol. The van der Waals surface area contributed by atoms with Crippen LogP contribution >= 0.6 is 15.9 Å². The second-order valence-electron chi connectivity index (χ2n) is 6.48. The maximum absolute atomic E-state index is 12.1. The van der Waals surface area contributed by atoms with Crippen LogP contribution < -0.4 is 10.1 Å². The fraction of sp³-hybridized carbons (Fsp3) is 0.611. The monoisotopic (exact) mass is 398 g/mol. The smallest absolute Gasteiger partial charge is 0.257 e. The molecule has 0 bridgehead atoms. The Morgan fingerprint density at radius 1 is 1.29 bits per heavy atom. The van der Waals surface area contributed by atoms with Crippen LogP contribution in [0.3, 0.4) is 0 Å². The van der Waals surface area contributed by atoms with E-state index in [4.69, 9.17) is 9.47 Å². The van der Waals surface area contributed by atoms with Gasteiger partial charge in [0.2, 0.25) is 0 Å². The molecule has 24 heavy (non-hydrogen) atoms. The molecule has 1 N–H and O–H groups in total. The number of carbonyl (C=O) groups is 1. The summed E-state index contributed by atoms with van der Waals surface area (Å²) >= 11 is 3.38. The minimum Gasteiger partial charge on any atom is -0.484 e. The molecule has 134 valence electrons. The molecular formula is C18H27BrN2O3. The number of carbonyl (C=O) groups excluding carboxylic acids is 1. The zero-order chi connectivity index (χ0) is 17.4. The van der Waals surface area contributed by atoms with E-state index < -0.39 is 0 Å². The van der Waals surface area contributed by atoms with Crippen molar-refractivity contribution in [3.63, 3.8) is 0 Å². The van der Waals surface area contributed by atoms with Gasteiger partial charge in [-0.25, -0.2) is 0 Å². The van der Waals surface area contributed by atoms with E-state index >= 15 is 0 Å². The molecule has 1 aliphatic heterocycles.